The molecular weight excluding hydrogens is 214 g/mol. The first-order valence-corrected chi connectivity index (χ1v) is 5.67. The lowest BCUT2D eigenvalue weighted by Crippen LogP contribution is -2.44. The first-order chi connectivity index (χ1) is 8.09. The molecule has 0 saturated heterocycles. The highest BCUT2D eigenvalue weighted by Gasteiger charge is 2.20. The minimum absolute atomic E-state index is 0.127. The van der Waals surface area contributed by atoms with E-state index in [2.05, 4.69) is 20.7 Å². The average Bonchev–Trinajstić information content (AvgIpc) is 2.31. The molecule has 0 saturated carbocycles. The summed E-state index contributed by atoms with van der Waals surface area (Å²) in [4.78, 5) is 14.3. The highest BCUT2D eigenvalue weighted by atomic mass is 16.1. The van der Waals surface area contributed by atoms with E-state index in [1.807, 2.05) is 39.3 Å². The zero-order chi connectivity index (χ0) is 12.2. The van der Waals surface area contributed by atoms with Crippen molar-refractivity contribution in [1.82, 2.24) is 4.68 Å². The summed E-state index contributed by atoms with van der Waals surface area (Å²) in [5, 5.41) is 2.89. The normalized spacial score (nSPS) is 14.5. The van der Waals surface area contributed by atoms with Crippen molar-refractivity contribution in [3.8, 4) is 0 Å². The van der Waals surface area contributed by atoms with Crippen LogP contribution >= 0.6 is 0 Å². The number of pyridine rings is 1. The van der Waals surface area contributed by atoms with Crippen LogP contribution < -0.4 is 15.3 Å². The monoisotopic (exact) mass is 229 g/mol. The van der Waals surface area contributed by atoms with Gasteiger partial charge in [0.05, 0.1) is 11.2 Å². The number of hydrogen-bond donors (Lipinski definition) is 0. The molecule has 1 aromatic carbocycles. The van der Waals surface area contributed by atoms with Crippen molar-refractivity contribution in [2.24, 2.45) is 0 Å². The Kier molecular flexibility index (Phi) is 1.96. The summed E-state index contributed by atoms with van der Waals surface area (Å²) in [5.74, 6) is 0. The molecule has 17 heavy (non-hydrogen) atoms. The maximum absolute atomic E-state index is 12.1. The van der Waals surface area contributed by atoms with Crippen LogP contribution in [-0.2, 0) is 0 Å². The number of hydrogen-bond acceptors (Lipinski definition) is 3. The number of para-hydroxylation sites is 1. The first kappa shape index (κ1) is 10.2. The van der Waals surface area contributed by atoms with Crippen molar-refractivity contribution >= 4 is 16.6 Å². The number of benzene rings is 1. The second kappa shape index (κ2) is 3.26. The molecule has 3 rings (SSSR count). The van der Waals surface area contributed by atoms with E-state index in [9.17, 15) is 4.79 Å². The van der Waals surface area contributed by atoms with E-state index in [-0.39, 0.29) is 5.43 Å². The molecule has 0 amide bonds. The number of aryl methyl sites for hydroxylation is 1. The minimum atomic E-state index is 0.127. The molecule has 2 aromatic rings. The van der Waals surface area contributed by atoms with Crippen LogP contribution in [0.5, 0.6) is 0 Å². The van der Waals surface area contributed by atoms with Crippen LogP contribution in [0.2, 0.25) is 0 Å². The molecule has 0 spiro atoms. The summed E-state index contributed by atoms with van der Waals surface area (Å²) < 4.78 is 2.07. The van der Waals surface area contributed by atoms with Crippen molar-refractivity contribution in [2.75, 3.05) is 30.7 Å². The van der Waals surface area contributed by atoms with E-state index < -0.39 is 0 Å². The third kappa shape index (κ3) is 1.27. The molecule has 0 bridgehead atoms. The lowest BCUT2D eigenvalue weighted by Gasteiger charge is -2.36. The largest absolute Gasteiger partial charge is 0.354 e. The summed E-state index contributed by atoms with van der Waals surface area (Å²) in [6.07, 6.45) is 1.92. The Hall–Kier alpha value is -1.97. The van der Waals surface area contributed by atoms with Gasteiger partial charge in [-0.25, -0.2) is 0 Å². The zero-order valence-electron chi connectivity index (χ0n) is 10.3. The molecule has 2 heterocycles. The van der Waals surface area contributed by atoms with Gasteiger partial charge in [0.2, 0.25) is 0 Å². The van der Waals surface area contributed by atoms with Crippen LogP contribution in [0.3, 0.4) is 0 Å². The molecule has 1 aliphatic heterocycles. The predicted octanol–water partition coefficient (Wildman–Crippen LogP) is 1.29. The number of rotatable bonds is 0. The fourth-order valence-corrected chi connectivity index (χ4v) is 2.50. The summed E-state index contributed by atoms with van der Waals surface area (Å²) in [6, 6.07) is 5.91. The number of aromatic nitrogens is 1. The Morgan fingerprint density at radius 2 is 2.00 bits per heavy atom. The Morgan fingerprint density at radius 1 is 1.24 bits per heavy atom. The Balaban J connectivity index is 2.55. The van der Waals surface area contributed by atoms with Crippen molar-refractivity contribution in [2.45, 2.75) is 6.92 Å². The second-order valence-corrected chi connectivity index (χ2v) is 4.66. The molecule has 1 aliphatic rings. The molecule has 0 atom stereocenters. The van der Waals surface area contributed by atoms with Gasteiger partial charge in [-0.3, -0.25) is 14.5 Å². The molecule has 88 valence electrons. The molecule has 0 unspecified atom stereocenters. The third-order valence-corrected chi connectivity index (χ3v) is 3.36. The van der Waals surface area contributed by atoms with Gasteiger partial charge in [-0.1, -0.05) is 6.07 Å². The van der Waals surface area contributed by atoms with Crippen LogP contribution in [0.1, 0.15) is 5.56 Å². The van der Waals surface area contributed by atoms with Crippen molar-refractivity contribution in [1.29, 1.82) is 0 Å². The van der Waals surface area contributed by atoms with Crippen LogP contribution in [0.15, 0.2) is 29.2 Å². The third-order valence-electron chi connectivity index (χ3n) is 3.36. The second-order valence-electron chi connectivity index (χ2n) is 4.66. The van der Waals surface area contributed by atoms with Gasteiger partial charge < -0.3 is 4.90 Å². The van der Waals surface area contributed by atoms with E-state index in [1.165, 1.54) is 0 Å². The van der Waals surface area contributed by atoms with Gasteiger partial charge in [0, 0.05) is 31.2 Å². The van der Waals surface area contributed by atoms with E-state index in [0.29, 0.717) is 0 Å². The van der Waals surface area contributed by atoms with Gasteiger partial charge in [-0.05, 0) is 19.1 Å². The number of anilines is 1. The van der Waals surface area contributed by atoms with Crippen LogP contribution in [0, 0.1) is 6.92 Å². The highest BCUT2D eigenvalue weighted by molar-refractivity contribution is 5.92. The smallest absolute Gasteiger partial charge is 0.192 e. The van der Waals surface area contributed by atoms with Gasteiger partial charge >= 0.3 is 0 Å². The van der Waals surface area contributed by atoms with Crippen molar-refractivity contribution in [3.05, 3.63) is 40.2 Å². The Bertz CT molecular complexity index is 659. The van der Waals surface area contributed by atoms with E-state index in [1.54, 1.807) is 0 Å². The molecule has 1 aromatic heterocycles. The quantitative estimate of drug-likeness (QED) is 0.681. The maximum Gasteiger partial charge on any atom is 0.192 e. The molecule has 4 nitrogen and oxygen atoms in total. The standard InChI is InChI=1S/C13H15N3O/c1-9-7-16-12-10(13(9)17)5-4-6-11(12)14(2)8-15(16)3/h4-7H,8H2,1-3H3. The average molecular weight is 229 g/mol. The minimum Gasteiger partial charge on any atom is -0.354 e. The van der Waals surface area contributed by atoms with Gasteiger partial charge in [-0.15, -0.1) is 0 Å². The molecule has 0 N–H and O–H groups in total. The summed E-state index contributed by atoms with van der Waals surface area (Å²) in [6.45, 7) is 2.68. The lowest BCUT2D eigenvalue weighted by atomic mass is 10.1. The zero-order valence-corrected chi connectivity index (χ0v) is 10.3. The van der Waals surface area contributed by atoms with Crippen LogP contribution in [0.4, 0.5) is 5.69 Å². The fraction of sp³-hybridized carbons (Fsp3) is 0.308. The summed E-state index contributed by atoms with van der Waals surface area (Å²) in [7, 11) is 4.06. The molecule has 4 heteroatoms. The molecule has 0 fully saturated rings. The van der Waals surface area contributed by atoms with Crippen LogP contribution in [-0.4, -0.2) is 25.4 Å². The summed E-state index contributed by atoms with van der Waals surface area (Å²) in [5.41, 5.74) is 3.02. The Labute approximate surface area is 99.6 Å². The predicted molar refractivity (Wildman–Crippen MR) is 70.4 cm³/mol. The van der Waals surface area contributed by atoms with Gasteiger partial charge in [0.15, 0.2) is 5.43 Å². The maximum atomic E-state index is 12.1. The van der Waals surface area contributed by atoms with Crippen molar-refractivity contribution < 1.29 is 0 Å². The van der Waals surface area contributed by atoms with Crippen LogP contribution in [0.25, 0.3) is 10.9 Å². The molecule has 0 aliphatic carbocycles. The highest BCUT2D eigenvalue weighted by Crippen LogP contribution is 2.27. The molecule has 0 radical (unpaired) electrons. The summed E-state index contributed by atoms with van der Waals surface area (Å²) >= 11 is 0. The van der Waals surface area contributed by atoms with E-state index in [4.69, 9.17) is 0 Å². The van der Waals surface area contributed by atoms with E-state index >= 15 is 0 Å². The number of nitrogens with zero attached hydrogens (tertiary/aromatic N) is 3. The van der Waals surface area contributed by atoms with Gasteiger partial charge in [0.25, 0.3) is 0 Å². The topological polar surface area (TPSA) is 28.5 Å². The SMILES string of the molecule is Cc1cn2c3c(cccc3c1=O)N(C)CN2C. The first-order valence-electron chi connectivity index (χ1n) is 5.67. The van der Waals surface area contributed by atoms with Gasteiger partial charge in [-0.2, -0.15) is 0 Å². The van der Waals surface area contributed by atoms with Crippen molar-refractivity contribution in [3.63, 3.8) is 0 Å². The fourth-order valence-electron chi connectivity index (χ4n) is 2.50. The van der Waals surface area contributed by atoms with E-state index in [0.717, 1.165) is 28.8 Å². The Morgan fingerprint density at radius 3 is 2.76 bits per heavy atom. The molecular formula is C13H15N3O. The van der Waals surface area contributed by atoms with Gasteiger partial charge in [0.1, 0.15) is 6.67 Å². The lowest BCUT2D eigenvalue weighted by molar-refractivity contribution is 0.635.